The van der Waals surface area contributed by atoms with Crippen LogP contribution in [0.4, 0.5) is 26.3 Å². The molecule has 0 atom stereocenters. The van der Waals surface area contributed by atoms with Crippen molar-refractivity contribution in [1.82, 2.24) is 0 Å². The van der Waals surface area contributed by atoms with Gasteiger partial charge < -0.3 is 4.13 Å². The average Bonchev–Trinajstić information content (AvgIpc) is 2.44. The van der Waals surface area contributed by atoms with E-state index in [2.05, 4.69) is 42.9 Å². The first-order valence-corrected chi connectivity index (χ1v) is 9.74. The maximum absolute atomic E-state index is 11.4. The highest BCUT2D eigenvalue weighted by Gasteiger charge is 2.46. The lowest BCUT2D eigenvalue weighted by Crippen LogP contribution is -2.32. The number of aromatic nitrogens is 1. The number of pyridine rings is 1. The molecule has 0 aliphatic carbocycles. The highest BCUT2D eigenvalue weighted by atomic mass is 32.3. The molecule has 6 nitrogen and oxygen atoms in total. The third-order valence-corrected chi connectivity index (χ3v) is 5.35. The van der Waals surface area contributed by atoms with Crippen LogP contribution in [0.25, 0.3) is 4.13 Å². The second kappa shape index (κ2) is 8.99. The predicted molar refractivity (Wildman–Crippen MR) is 79.6 cm³/mol. The smallest absolute Gasteiger partial charge is 0.421 e. The lowest BCUT2D eigenvalue weighted by Gasteiger charge is -2.22. The summed E-state index contributed by atoms with van der Waals surface area (Å²) in [7, 11) is -13.4. The molecular weight excluding hydrogens is 414 g/mol. The Labute approximate surface area is 146 Å². The lowest BCUT2D eigenvalue weighted by molar-refractivity contribution is -0.697. The number of halogens is 6. The van der Waals surface area contributed by atoms with Gasteiger partial charge in [-0.2, -0.15) is 26.3 Å². The topological polar surface area (TPSA) is 86.3 Å². The van der Waals surface area contributed by atoms with Crippen molar-refractivity contribution < 1.29 is 47.7 Å². The summed E-state index contributed by atoms with van der Waals surface area (Å²) < 4.78 is 111. The van der Waals surface area contributed by atoms with Gasteiger partial charge in [0, 0.05) is 18.6 Å². The fourth-order valence-electron chi connectivity index (χ4n) is 1.24. The molecule has 0 unspecified atom stereocenters. The maximum Gasteiger partial charge on any atom is 0.480 e. The quantitative estimate of drug-likeness (QED) is 0.531. The minimum Gasteiger partial charge on any atom is -0.421 e. The van der Waals surface area contributed by atoms with Crippen LogP contribution in [0.3, 0.4) is 0 Å². The van der Waals surface area contributed by atoms with E-state index >= 15 is 0 Å². The molecule has 1 rings (SSSR count). The van der Waals surface area contributed by atoms with Crippen molar-refractivity contribution in [2.45, 2.75) is 44.3 Å². The van der Waals surface area contributed by atoms with E-state index in [1.165, 1.54) is 18.4 Å². The Morgan fingerprint density at radius 2 is 1.31 bits per heavy atom. The highest BCUT2D eigenvalue weighted by molar-refractivity contribution is 8.13. The molecule has 0 radical (unpaired) electrons. The van der Waals surface area contributed by atoms with Gasteiger partial charge >= 0.3 is 11.0 Å². The molecule has 152 valence electrons. The van der Waals surface area contributed by atoms with Gasteiger partial charge in [-0.05, 0) is 12.5 Å². The van der Waals surface area contributed by atoms with Crippen LogP contribution in [0.1, 0.15) is 25.3 Å². The Kier molecular flexibility index (Phi) is 8.50. The molecule has 0 aromatic carbocycles. The number of aryl methyl sites for hydroxylation is 2. The van der Waals surface area contributed by atoms with Gasteiger partial charge in [-0.25, -0.2) is 21.4 Å². The summed E-state index contributed by atoms with van der Waals surface area (Å²) in [5.41, 5.74) is -11.1. The van der Waals surface area contributed by atoms with Gasteiger partial charge in [-0.15, -0.1) is 0 Å². The minimum absolute atomic E-state index is 0.778. The van der Waals surface area contributed by atoms with Crippen molar-refractivity contribution in [3.05, 3.63) is 34.2 Å². The molecule has 1 heterocycles. The molecule has 0 N–H and O–H groups in total. The molecule has 0 aliphatic rings. The zero-order chi connectivity index (χ0) is 20.8. The fraction of sp³-hybridized carbons (Fsp3) is 0.583. The minimum atomic E-state index is -6.72. The Bertz CT molecular complexity index is 729. The van der Waals surface area contributed by atoms with Gasteiger partial charge in [0.05, 0.1) is 0 Å². The number of unbranched alkanes of at least 4 members (excludes halogenated alkanes) is 1. The van der Waals surface area contributed by atoms with Crippen molar-refractivity contribution in [3.8, 4) is 0 Å². The summed E-state index contributed by atoms with van der Waals surface area (Å²) in [5.74, 6) is 0. The number of hydrogen-bond acceptors (Lipinski definition) is 4. The van der Waals surface area contributed by atoms with E-state index in [0.717, 1.165) is 10.7 Å². The molecule has 14 heteroatoms. The van der Waals surface area contributed by atoms with Crippen molar-refractivity contribution in [2.24, 2.45) is 0 Å². The Balaban J connectivity index is 0.000000502. The molecule has 26 heavy (non-hydrogen) atoms. The molecule has 0 fully saturated rings. The first-order chi connectivity index (χ1) is 11.5. The summed E-state index contributed by atoms with van der Waals surface area (Å²) in [6.45, 7) is 5.48. The van der Waals surface area contributed by atoms with Crippen LogP contribution in [0.5, 0.6) is 0 Å². The Morgan fingerprint density at radius 1 is 0.923 bits per heavy atom. The summed E-state index contributed by atoms with van der Waals surface area (Å²) in [4.78, 5) is 0. The zero-order valence-electron chi connectivity index (χ0n) is 13.5. The van der Waals surface area contributed by atoms with E-state index < -0.39 is 31.1 Å². The third-order valence-electron chi connectivity index (χ3n) is 2.61. The van der Waals surface area contributed by atoms with Crippen LogP contribution in [-0.2, 0) is 26.6 Å². The summed E-state index contributed by atoms with van der Waals surface area (Å²) in [6, 6.07) is 4.30. The van der Waals surface area contributed by atoms with Crippen molar-refractivity contribution in [1.29, 1.82) is 0 Å². The average molecular weight is 430 g/mol. The normalized spacial score (nSPS) is 13.1. The molecule has 0 spiro atoms. The predicted octanol–water partition coefficient (Wildman–Crippen LogP) is 3.14. The second-order valence-corrected chi connectivity index (χ2v) is 8.31. The van der Waals surface area contributed by atoms with Gasteiger partial charge in [0.15, 0.2) is 32.4 Å². The van der Waals surface area contributed by atoms with E-state index in [0.29, 0.717) is 0 Å². The first-order valence-electron chi connectivity index (χ1n) is 6.86. The second-order valence-electron chi connectivity index (χ2n) is 4.88. The largest absolute Gasteiger partial charge is 0.480 e. The van der Waals surface area contributed by atoms with Crippen LogP contribution < -0.4 is 4.57 Å². The Hall–Kier alpha value is -1.41. The zero-order valence-corrected chi connectivity index (χ0v) is 15.2. The monoisotopic (exact) mass is 430 g/mol. The SMILES string of the molecule is CCCC[n+]1ccc(C)cc1.O=S(=O)([N-]S(=O)(=O)C(F)(F)F)C(F)(F)F. The maximum atomic E-state index is 11.4. The van der Waals surface area contributed by atoms with E-state index in [9.17, 15) is 43.2 Å². The number of rotatable bonds is 5. The van der Waals surface area contributed by atoms with E-state index in [-0.39, 0.29) is 0 Å². The molecule has 0 bridgehead atoms. The summed E-state index contributed by atoms with van der Waals surface area (Å²) >= 11 is 0. The van der Waals surface area contributed by atoms with Gasteiger partial charge in [0.25, 0.3) is 0 Å². The molecule has 1 aromatic heterocycles. The van der Waals surface area contributed by atoms with Crippen molar-refractivity contribution >= 4 is 20.0 Å². The molecule has 0 saturated heterocycles. The van der Waals surface area contributed by atoms with Crippen molar-refractivity contribution in [3.63, 3.8) is 0 Å². The van der Waals surface area contributed by atoms with Crippen LogP contribution in [0, 0.1) is 6.92 Å². The number of sulfonamides is 2. The van der Waals surface area contributed by atoms with E-state index in [4.69, 9.17) is 0 Å². The molecule has 0 amide bonds. The Morgan fingerprint density at radius 3 is 1.62 bits per heavy atom. The molecule has 0 saturated carbocycles. The fourth-order valence-corrected chi connectivity index (χ4v) is 2.94. The third kappa shape index (κ3) is 7.86. The van der Waals surface area contributed by atoms with Crippen LogP contribution >= 0.6 is 0 Å². The van der Waals surface area contributed by atoms with Gasteiger partial charge in [0.1, 0.15) is 6.54 Å². The summed E-state index contributed by atoms with van der Waals surface area (Å²) in [6.07, 6.45) is 6.82. The van der Waals surface area contributed by atoms with Crippen LogP contribution in [0.2, 0.25) is 0 Å². The van der Waals surface area contributed by atoms with Gasteiger partial charge in [-0.3, -0.25) is 0 Å². The van der Waals surface area contributed by atoms with Crippen molar-refractivity contribution in [2.75, 3.05) is 0 Å². The lowest BCUT2D eigenvalue weighted by atomic mass is 10.3. The van der Waals surface area contributed by atoms with Gasteiger partial charge in [-0.1, -0.05) is 13.3 Å². The summed E-state index contributed by atoms with van der Waals surface area (Å²) in [5, 5.41) is 0. The van der Waals surface area contributed by atoms with Crippen LogP contribution in [-0.4, -0.2) is 27.9 Å². The number of nitrogens with zero attached hydrogens (tertiary/aromatic N) is 2. The van der Waals surface area contributed by atoms with E-state index in [1.807, 2.05) is 0 Å². The van der Waals surface area contributed by atoms with Crippen LogP contribution in [0.15, 0.2) is 24.5 Å². The first kappa shape index (κ1) is 24.6. The number of alkyl halides is 6. The molecular formula is C12H16F6N2O4S2. The van der Waals surface area contributed by atoms with Gasteiger partial charge in [0.2, 0.25) is 0 Å². The molecule has 0 aliphatic heterocycles. The standard InChI is InChI=1S/C10H16N.C2F6NO4S2/c1-3-4-7-11-8-5-10(2)6-9-11;3-1(4,5)14(10,11)9-15(12,13)2(6,7)8/h5-6,8-9H,3-4,7H2,1-2H3;/q+1;-1. The number of hydrogen-bond donors (Lipinski definition) is 0. The highest BCUT2D eigenvalue weighted by Crippen LogP contribution is 2.36. The molecule has 1 aromatic rings. The van der Waals surface area contributed by atoms with E-state index in [1.54, 1.807) is 0 Å².